The summed E-state index contributed by atoms with van der Waals surface area (Å²) in [6, 6.07) is 5.44. The van der Waals surface area contributed by atoms with Gasteiger partial charge in [0.25, 0.3) is 0 Å². The van der Waals surface area contributed by atoms with E-state index in [4.69, 9.17) is 21.4 Å². The molecule has 1 atom stereocenters. The molecule has 0 aliphatic heterocycles. The number of rotatable bonds is 5. The maximum absolute atomic E-state index is 10.5. The summed E-state index contributed by atoms with van der Waals surface area (Å²) in [6.07, 6.45) is 0.817. The Balaban J connectivity index is 2.70. The van der Waals surface area contributed by atoms with Crippen LogP contribution in [0.1, 0.15) is 18.9 Å². The van der Waals surface area contributed by atoms with Crippen LogP contribution in [0.5, 0.6) is 5.75 Å². The minimum Gasteiger partial charge on any atom is -0.497 e. The predicted molar refractivity (Wildman–Crippen MR) is 63.1 cm³/mol. The molecule has 3 nitrogen and oxygen atoms in total. The normalized spacial score (nSPS) is 12.2. The molecule has 1 unspecified atom stereocenters. The molecule has 0 saturated heterocycles. The van der Waals surface area contributed by atoms with Crippen LogP contribution in [0.4, 0.5) is 0 Å². The summed E-state index contributed by atoms with van der Waals surface area (Å²) in [5.74, 6) is 0.000154. The zero-order valence-electron chi connectivity index (χ0n) is 9.37. The third-order valence-corrected chi connectivity index (χ3v) is 2.70. The molecule has 4 heteroatoms. The summed E-state index contributed by atoms with van der Waals surface area (Å²) >= 11 is 6.06. The van der Waals surface area contributed by atoms with Gasteiger partial charge >= 0.3 is 5.97 Å². The quantitative estimate of drug-likeness (QED) is 0.864. The molecular formula is C12H15ClO3. The standard InChI is InChI=1S/C12H15ClO3/c1-8(6-12(14)15)5-9-3-4-10(16-2)7-11(9)13/h3-4,7-8H,5-6H2,1-2H3,(H,14,15). The third-order valence-electron chi connectivity index (χ3n) is 2.35. The maximum atomic E-state index is 10.5. The summed E-state index contributed by atoms with van der Waals surface area (Å²) < 4.78 is 5.04. The number of hydrogen-bond acceptors (Lipinski definition) is 2. The van der Waals surface area contributed by atoms with E-state index >= 15 is 0 Å². The van der Waals surface area contributed by atoms with Crippen LogP contribution in [0, 0.1) is 5.92 Å². The topological polar surface area (TPSA) is 46.5 Å². The highest BCUT2D eigenvalue weighted by molar-refractivity contribution is 6.31. The van der Waals surface area contributed by atoms with E-state index < -0.39 is 5.97 Å². The smallest absolute Gasteiger partial charge is 0.303 e. The lowest BCUT2D eigenvalue weighted by Crippen LogP contribution is -2.07. The Morgan fingerprint density at radius 3 is 2.75 bits per heavy atom. The Hall–Kier alpha value is -1.22. The number of hydrogen-bond donors (Lipinski definition) is 1. The molecule has 1 aromatic rings. The second-order valence-electron chi connectivity index (χ2n) is 3.86. The van der Waals surface area contributed by atoms with Gasteiger partial charge in [-0.25, -0.2) is 0 Å². The van der Waals surface area contributed by atoms with Gasteiger partial charge in [-0.15, -0.1) is 0 Å². The van der Waals surface area contributed by atoms with Gasteiger partial charge in [0.15, 0.2) is 0 Å². The van der Waals surface area contributed by atoms with Crippen molar-refractivity contribution < 1.29 is 14.6 Å². The van der Waals surface area contributed by atoms with E-state index in [1.54, 1.807) is 13.2 Å². The molecule has 0 aromatic heterocycles. The average molecular weight is 243 g/mol. The summed E-state index contributed by atoms with van der Waals surface area (Å²) in [5.41, 5.74) is 0.955. The average Bonchev–Trinajstić information content (AvgIpc) is 2.19. The number of halogens is 1. The molecule has 0 amide bonds. The predicted octanol–water partition coefficient (Wildman–Crippen LogP) is 3.00. The van der Waals surface area contributed by atoms with Gasteiger partial charge in [-0.05, 0) is 30.0 Å². The Bertz CT molecular complexity index is 377. The molecule has 0 saturated carbocycles. The maximum Gasteiger partial charge on any atom is 0.303 e. The van der Waals surface area contributed by atoms with Crippen molar-refractivity contribution in [1.82, 2.24) is 0 Å². The van der Waals surface area contributed by atoms with Gasteiger partial charge in [-0.3, -0.25) is 4.79 Å². The first-order valence-corrected chi connectivity index (χ1v) is 5.45. The van der Waals surface area contributed by atoms with Gasteiger partial charge in [-0.2, -0.15) is 0 Å². The van der Waals surface area contributed by atoms with Crippen LogP contribution < -0.4 is 4.74 Å². The lowest BCUT2D eigenvalue weighted by atomic mass is 9.98. The van der Waals surface area contributed by atoms with Crippen molar-refractivity contribution in [3.63, 3.8) is 0 Å². The zero-order chi connectivity index (χ0) is 12.1. The van der Waals surface area contributed by atoms with E-state index in [2.05, 4.69) is 0 Å². The molecule has 0 fully saturated rings. The first-order valence-electron chi connectivity index (χ1n) is 5.07. The largest absolute Gasteiger partial charge is 0.497 e. The van der Waals surface area contributed by atoms with Gasteiger partial charge in [0.2, 0.25) is 0 Å². The molecule has 0 bridgehead atoms. The number of carboxylic acid groups (broad SMARTS) is 1. The van der Waals surface area contributed by atoms with E-state index in [1.807, 2.05) is 19.1 Å². The lowest BCUT2D eigenvalue weighted by Gasteiger charge is -2.11. The van der Waals surface area contributed by atoms with Crippen molar-refractivity contribution in [2.45, 2.75) is 19.8 Å². The highest BCUT2D eigenvalue weighted by Crippen LogP contribution is 2.25. The van der Waals surface area contributed by atoms with Gasteiger partial charge in [0, 0.05) is 11.4 Å². The molecule has 0 aliphatic rings. The molecule has 0 spiro atoms. The molecule has 1 rings (SSSR count). The van der Waals surface area contributed by atoms with Crippen LogP contribution in [-0.2, 0) is 11.2 Å². The van der Waals surface area contributed by atoms with Crippen LogP contribution >= 0.6 is 11.6 Å². The van der Waals surface area contributed by atoms with E-state index in [0.717, 1.165) is 5.56 Å². The van der Waals surface area contributed by atoms with E-state index in [-0.39, 0.29) is 12.3 Å². The van der Waals surface area contributed by atoms with Gasteiger partial charge in [0.05, 0.1) is 7.11 Å². The molecule has 88 valence electrons. The highest BCUT2D eigenvalue weighted by Gasteiger charge is 2.11. The minimum atomic E-state index is -0.780. The van der Waals surface area contributed by atoms with Crippen molar-refractivity contribution >= 4 is 17.6 Å². The zero-order valence-corrected chi connectivity index (χ0v) is 10.1. The summed E-state index contributed by atoms with van der Waals surface area (Å²) in [6.45, 7) is 1.90. The second-order valence-corrected chi connectivity index (χ2v) is 4.27. The lowest BCUT2D eigenvalue weighted by molar-refractivity contribution is -0.137. The first-order chi connectivity index (χ1) is 7.52. The summed E-state index contributed by atoms with van der Waals surface area (Å²) in [5, 5.41) is 9.28. The minimum absolute atomic E-state index is 0.0726. The summed E-state index contributed by atoms with van der Waals surface area (Å²) in [7, 11) is 1.58. The SMILES string of the molecule is COc1ccc(CC(C)CC(=O)O)c(Cl)c1. The van der Waals surface area contributed by atoms with Crippen molar-refractivity contribution in [2.75, 3.05) is 7.11 Å². The second kappa shape index (κ2) is 5.75. The fraction of sp³-hybridized carbons (Fsp3) is 0.417. The van der Waals surface area contributed by atoms with E-state index in [0.29, 0.717) is 17.2 Å². The van der Waals surface area contributed by atoms with Crippen LogP contribution in [0.3, 0.4) is 0 Å². The third kappa shape index (κ3) is 3.74. The first kappa shape index (κ1) is 12.8. The van der Waals surface area contributed by atoms with Crippen LogP contribution in [-0.4, -0.2) is 18.2 Å². The van der Waals surface area contributed by atoms with Crippen molar-refractivity contribution in [3.8, 4) is 5.75 Å². The number of methoxy groups -OCH3 is 1. The highest BCUT2D eigenvalue weighted by atomic mass is 35.5. The van der Waals surface area contributed by atoms with E-state index in [9.17, 15) is 4.79 Å². The van der Waals surface area contributed by atoms with Crippen LogP contribution in [0.25, 0.3) is 0 Å². The molecule has 0 aliphatic carbocycles. The van der Waals surface area contributed by atoms with Crippen LogP contribution in [0.2, 0.25) is 5.02 Å². The van der Waals surface area contributed by atoms with Crippen molar-refractivity contribution in [3.05, 3.63) is 28.8 Å². The molecule has 1 N–H and O–H groups in total. The number of carbonyl (C=O) groups is 1. The Labute approximate surface area is 100.0 Å². The summed E-state index contributed by atoms with van der Waals surface area (Å²) in [4.78, 5) is 10.5. The monoisotopic (exact) mass is 242 g/mol. The fourth-order valence-electron chi connectivity index (χ4n) is 1.57. The van der Waals surface area contributed by atoms with Gasteiger partial charge in [0.1, 0.15) is 5.75 Å². The van der Waals surface area contributed by atoms with Crippen LogP contribution in [0.15, 0.2) is 18.2 Å². The molecular weight excluding hydrogens is 228 g/mol. The molecule has 16 heavy (non-hydrogen) atoms. The Morgan fingerprint density at radius 1 is 1.56 bits per heavy atom. The molecule has 0 heterocycles. The van der Waals surface area contributed by atoms with Gasteiger partial charge < -0.3 is 9.84 Å². The Kier molecular flexibility index (Phi) is 4.62. The molecule has 1 aromatic carbocycles. The fourth-order valence-corrected chi connectivity index (χ4v) is 1.81. The number of carboxylic acids is 1. The van der Waals surface area contributed by atoms with Crippen molar-refractivity contribution in [2.24, 2.45) is 5.92 Å². The number of ether oxygens (including phenoxy) is 1. The number of benzene rings is 1. The van der Waals surface area contributed by atoms with Crippen molar-refractivity contribution in [1.29, 1.82) is 0 Å². The van der Waals surface area contributed by atoms with E-state index in [1.165, 1.54) is 0 Å². The Morgan fingerprint density at radius 2 is 2.25 bits per heavy atom. The van der Waals surface area contributed by atoms with Gasteiger partial charge in [-0.1, -0.05) is 24.6 Å². The molecule has 0 radical (unpaired) electrons. The number of aliphatic carboxylic acids is 1.